The van der Waals surface area contributed by atoms with Crippen LogP contribution >= 0.6 is 0 Å². The molecule has 0 unspecified atom stereocenters. The Morgan fingerprint density at radius 2 is 1.68 bits per heavy atom. The fourth-order valence-corrected chi connectivity index (χ4v) is 3.84. The number of carbonyl (C=O) groups excluding carboxylic acids is 2. The predicted octanol–water partition coefficient (Wildman–Crippen LogP) is 3.58. The van der Waals surface area contributed by atoms with E-state index in [2.05, 4.69) is 10.6 Å². The van der Waals surface area contributed by atoms with Gasteiger partial charge in [-0.2, -0.15) is 8.42 Å². The van der Waals surface area contributed by atoms with Crippen molar-refractivity contribution >= 4 is 39.0 Å². The van der Waals surface area contributed by atoms with Gasteiger partial charge in [0.05, 0.1) is 17.7 Å². The van der Waals surface area contributed by atoms with E-state index in [1.165, 1.54) is 56.5 Å². The zero-order chi connectivity index (χ0) is 24.9. The van der Waals surface area contributed by atoms with E-state index in [0.29, 0.717) is 17.1 Å². The van der Waals surface area contributed by atoms with Gasteiger partial charge in [0.25, 0.3) is 11.6 Å². The van der Waals surface area contributed by atoms with Crippen LogP contribution in [0.4, 0.5) is 17.1 Å². The Bertz CT molecular complexity index is 1350. The molecule has 0 spiro atoms. The van der Waals surface area contributed by atoms with Gasteiger partial charge >= 0.3 is 10.1 Å². The van der Waals surface area contributed by atoms with E-state index < -0.39 is 26.6 Å². The van der Waals surface area contributed by atoms with E-state index in [4.69, 9.17) is 8.92 Å². The highest BCUT2D eigenvalue weighted by Crippen LogP contribution is 2.29. The smallest absolute Gasteiger partial charge is 0.339 e. The number of anilines is 2. The number of ether oxygens (including phenoxy) is 1. The average Bonchev–Trinajstić information content (AvgIpc) is 2.79. The fraction of sp³-hybridized carbons (Fsp3) is 0.0909. The Morgan fingerprint density at radius 1 is 0.971 bits per heavy atom. The average molecular weight is 485 g/mol. The maximum absolute atomic E-state index is 12.7. The molecule has 0 radical (unpaired) electrons. The molecule has 0 bridgehead atoms. The molecule has 0 aliphatic heterocycles. The van der Waals surface area contributed by atoms with Crippen molar-refractivity contribution in [2.45, 2.75) is 11.8 Å². The van der Waals surface area contributed by atoms with E-state index in [0.717, 1.165) is 12.1 Å². The highest BCUT2D eigenvalue weighted by atomic mass is 32.2. The number of nitro benzene ring substituents is 1. The Labute approximate surface area is 194 Å². The van der Waals surface area contributed by atoms with E-state index >= 15 is 0 Å². The van der Waals surface area contributed by atoms with Crippen molar-refractivity contribution < 1.29 is 31.9 Å². The van der Waals surface area contributed by atoms with Crippen molar-refractivity contribution in [3.63, 3.8) is 0 Å². The number of carbonyl (C=O) groups is 2. The Kier molecular flexibility index (Phi) is 7.12. The molecule has 11 nitrogen and oxygen atoms in total. The zero-order valence-electron chi connectivity index (χ0n) is 18.0. The Morgan fingerprint density at radius 3 is 2.29 bits per heavy atom. The summed E-state index contributed by atoms with van der Waals surface area (Å²) in [7, 11) is -2.90. The first kappa shape index (κ1) is 24.2. The van der Waals surface area contributed by atoms with Crippen LogP contribution in [0.15, 0.2) is 71.6 Å². The second-order valence-corrected chi connectivity index (χ2v) is 8.41. The second kappa shape index (κ2) is 10.0. The molecular weight excluding hydrogens is 466 g/mol. The molecule has 3 aromatic carbocycles. The highest BCUT2D eigenvalue weighted by molar-refractivity contribution is 7.87. The van der Waals surface area contributed by atoms with Crippen LogP contribution in [0, 0.1) is 10.1 Å². The summed E-state index contributed by atoms with van der Waals surface area (Å²) < 4.78 is 35.1. The third kappa shape index (κ3) is 5.86. The number of rotatable bonds is 8. The number of nitrogens with zero attached hydrogens (tertiary/aromatic N) is 1. The molecular formula is C22H19N3O8S. The molecule has 0 aliphatic carbocycles. The molecule has 0 aromatic heterocycles. The third-order valence-electron chi connectivity index (χ3n) is 4.41. The van der Waals surface area contributed by atoms with Crippen molar-refractivity contribution in [3.05, 3.63) is 82.4 Å². The van der Waals surface area contributed by atoms with Gasteiger partial charge in [0, 0.05) is 30.3 Å². The molecule has 176 valence electrons. The minimum absolute atomic E-state index is 0.0895. The minimum atomic E-state index is -4.33. The van der Waals surface area contributed by atoms with Gasteiger partial charge < -0.3 is 19.6 Å². The van der Waals surface area contributed by atoms with Crippen LogP contribution in [0.3, 0.4) is 0 Å². The maximum atomic E-state index is 12.7. The van der Waals surface area contributed by atoms with Gasteiger partial charge in [0.1, 0.15) is 16.4 Å². The van der Waals surface area contributed by atoms with Gasteiger partial charge in [-0.1, -0.05) is 6.07 Å². The summed E-state index contributed by atoms with van der Waals surface area (Å²) in [5, 5.41) is 16.2. The second-order valence-electron chi connectivity index (χ2n) is 6.87. The lowest BCUT2D eigenvalue weighted by Crippen LogP contribution is -2.14. The summed E-state index contributed by atoms with van der Waals surface area (Å²) in [4.78, 5) is 33.7. The Balaban J connectivity index is 1.76. The predicted molar refractivity (Wildman–Crippen MR) is 123 cm³/mol. The highest BCUT2D eigenvalue weighted by Gasteiger charge is 2.20. The maximum Gasteiger partial charge on any atom is 0.339 e. The largest absolute Gasteiger partial charge is 0.495 e. The van der Waals surface area contributed by atoms with Gasteiger partial charge in [0.2, 0.25) is 5.91 Å². The third-order valence-corrected chi connectivity index (χ3v) is 5.65. The van der Waals surface area contributed by atoms with Crippen LogP contribution in [0.1, 0.15) is 17.3 Å². The van der Waals surface area contributed by atoms with Gasteiger partial charge in [-0.05, 0) is 48.5 Å². The minimum Gasteiger partial charge on any atom is -0.495 e. The molecule has 0 heterocycles. The summed E-state index contributed by atoms with van der Waals surface area (Å²) in [6.45, 7) is 1.35. The van der Waals surface area contributed by atoms with E-state index in [9.17, 15) is 28.1 Å². The monoisotopic (exact) mass is 485 g/mol. The molecule has 3 rings (SSSR count). The lowest BCUT2D eigenvalue weighted by molar-refractivity contribution is -0.385. The number of non-ortho nitro benzene ring substituents is 1. The number of benzene rings is 3. The molecule has 12 heteroatoms. The number of hydrogen-bond donors (Lipinski definition) is 2. The topological polar surface area (TPSA) is 154 Å². The first-order valence-corrected chi connectivity index (χ1v) is 11.1. The van der Waals surface area contributed by atoms with Crippen LogP contribution in [0.2, 0.25) is 0 Å². The molecule has 34 heavy (non-hydrogen) atoms. The van der Waals surface area contributed by atoms with Crippen LogP contribution in [-0.4, -0.2) is 32.3 Å². The fourth-order valence-electron chi connectivity index (χ4n) is 2.87. The standard InChI is InChI=1S/C22H19N3O8S/c1-14(26)23-16-8-11-21(32-2)20(12-16)24-22(27)15-6-9-18(10-7-15)33-34(30,31)19-5-3-4-17(13-19)25(28)29/h3-13H,1-2H3,(H,23,26)(H,24,27). The number of nitrogens with one attached hydrogen (secondary N) is 2. The van der Waals surface area contributed by atoms with Crippen LogP contribution in [0.25, 0.3) is 0 Å². The lowest BCUT2D eigenvalue weighted by Gasteiger charge is -2.13. The summed E-state index contributed by atoms with van der Waals surface area (Å²) in [5.41, 5.74) is 0.563. The van der Waals surface area contributed by atoms with Crippen molar-refractivity contribution in [2.75, 3.05) is 17.7 Å². The van der Waals surface area contributed by atoms with Crippen LogP contribution in [0.5, 0.6) is 11.5 Å². The first-order chi connectivity index (χ1) is 16.1. The molecule has 0 saturated heterocycles. The van der Waals surface area contributed by atoms with Crippen molar-refractivity contribution in [3.8, 4) is 11.5 Å². The van der Waals surface area contributed by atoms with E-state index in [1.54, 1.807) is 12.1 Å². The molecule has 2 amide bonds. The molecule has 3 aromatic rings. The number of amides is 2. The number of hydrogen-bond acceptors (Lipinski definition) is 8. The number of nitro groups is 1. The van der Waals surface area contributed by atoms with Gasteiger partial charge in [0.15, 0.2) is 0 Å². The zero-order valence-corrected chi connectivity index (χ0v) is 18.8. The van der Waals surface area contributed by atoms with Crippen molar-refractivity contribution in [1.29, 1.82) is 0 Å². The van der Waals surface area contributed by atoms with E-state index in [1.807, 2.05) is 0 Å². The van der Waals surface area contributed by atoms with Crippen LogP contribution in [-0.2, 0) is 14.9 Å². The van der Waals surface area contributed by atoms with Crippen molar-refractivity contribution in [2.24, 2.45) is 0 Å². The van der Waals surface area contributed by atoms with Gasteiger partial charge in [-0.15, -0.1) is 0 Å². The quantitative estimate of drug-likeness (QED) is 0.279. The first-order valence-electron chi connectivity index (χ1n) is 9.65. The summed E-state index contributed by atoms with van der Waals surface area (Å²) in [6.07, 6.45) is 0. The molecule has 0 fully saturated rings. The van der Waals surface area contributed by atoms with E-state index in [-0.39, 0.29) is 22.1 Å². The van der Waals surface area contributed by atoms with Gasteiger partial charge in [-0.25, -0.2) is 0 Å². The molecule has 0 atom stereocenters. The Hall–Kier alpha value is -4.45. The van der Waals surface area contributed by atoms with Gasteiger partial charge in [-0.3, -0.25) is 19.7 Å². The summed E-state index contributed by atoms with van der Waals surface area (Å²) >= 11 is 0. The summed E-state index contributed by atoms with van der Waals surface area (Å²) in [6, 6.07) is 14.4. The molecule has 2 N–H and O–H groups in total. The van der Waals surface area contributed by atoms with Crippen molar-refractivity contribution in [1.82, 2.24) is 0 Å². The molecule has 0 aliphatic rings. The lowest BCUT2D eigenvalue weighted by atomic mass is 10.2. The summed E-state index contributed by atoms with van der Waals surface area (Å²) in [5.74, 6) is -0.525. The SMILES string of the molecule is COc1ccc(NC(C)=O)cc1NC(=O)c1ccc(OS(=O)(=O)c2cccc([N+](=O)[O-])c2)cc1. The normalized spacial score (nSPS) is 10.8. The molecule has 0 saturated carbocycles. The van der Waals surface area contributed by atoms with Crippen LogP contribution < -0.4 is 19.6 Å². The number of methoxy groups -OCH3 is 1.